The van der Waals surface area contributed by atoms with Gasteiger partial charge in [-0.3, -0.25) is 9.89 Å². The number of amides is 1. The first-order valence-electron chi connectivity index (χ1n) is 9.85. The number of rotatable bonds is 5. The van der Waals surface area contributed by atoms with E-state index in [1.54, 1.807) is 6.92 Å². The lowest BCUT2D eigenvalue weighted by atomic mass is 9.95. The van der Waals surface area contributed by atoms with Crippen molar-refractivity contribution in [1.82, 2.24) is 20.8 Å². The molecular formula is C22H25ClN4O3. The fourth-order valence-corrected chi connectivity index (χ4v) is 3.67. The van der Waals surface area contributed by atoms with Gasteiger partial charge < -0.3 is 15.1 Å². The lowest BCUT2D eigenvalue weighted by Gasteiger charge is -2.22. The van der Waals surface area contributed by atoms with E-state index in [9.17, 15) is 9.59 Å². The molecule has 0 bridgehead atoms. The van der Waals surface area contributed by atoms with E-state index in [1.165, 1.54) is 0 Å². The van der Waals surface area contributed by atoms with Gasteiger partial charge in [0.15, 0.2) is 0 Å². The highest BCUT2D eigenvalue weighted by molar-refractivity contribution is 5.95. The lowest BCUT2D eigenvalue weighted by Crippen LogP contribution is -2.31. The van der Waals surface area contributed by atoms with Crippen molar-refractivity contribution in [2.24, 2.45) is 0 Å². The Bertz CT molecular complexity index is 1060. The van der Waals surface area contributed by atoms with Gasteiger partial charge in [0.05, 0.1) is 17.9 Å². The van der Waals surface area contributed by atoms with Crippen molar-refractivity contribution < 1.29 is 9.21 Å². The summed E-state index contributed by atoms with van der Waals surface area (Å²) in [6.45, 7) is 3.79. The molecule has 1 fully saturated rings. The highest BCUT2D eigenvalue weighted by Gasteiger charge is 2.22. The Labute approximate surface area is 180 Å². The van der Waals surface area contributed by atoms with E-state index in [4.69, 9.17) is 4.42 Å². The van der Waals surface area contributed by atoms with Crippen LogP contribution in [-0.4, -0.2) is 29.2 Å². The van der Waals surface area contributed by atoms with Crippen LogP contribution in [0.5, 0.6) is 0 Å². The van der Waals surface area contributed by atoms with Crippen LogP contribution in [-0.2, 0) is 6.54 Å². The van der Waals surface area contributed by atoms with Gasteiger partial charge in [-0.1, -0.05) is 30.3 Å². The molecule has 0 radical (unpaired) electrons. The smallest absolute Gasteiger partial charge is 0.349 e. The van der Waals surface area contributed by atoms with E-state index in [1.807, 2.05) is 42.5 Å². The van der Waals surface area contributed by atoms with E-state index >= 15 is 0 Å². The third-order valence-corrected chi connectivity index (χ3v) is 5.23. The minimum absolute atomic E-state index is 0. The normalized spacial score (nSPS) is 16.0. The number of nitrogens with zero attached hydrogens (tertiary/aromatic N) is 1. The molecule has 1 aromatic carbocycles. The second-order valence-electron chi connectivity index (χ2n) is 7.36. The van der Waals surface area contributed by atoms with Crippen molar-refractivity contribution in [3.63, 3.8) is 0 Å². The number of benzene rings is 1. The van der Waals surface area contributed by atoms with Crippen LogP contribution >= 0.6 is 12.4 Å². The number of hydrogen-bond donors (Lipinski definition) is 3. The van der Waals surface area contributed by atoms with E-state index in [2.05, 4.69) is 20.8 Å². The molecule has 4 rings (SSSR count). The Kier molecular flexibility index (Phi) is 7.07. The number of piperidine rings is 1. The number of halogens is 1. The summed E-state index contributed by atoms with van der Waals surface area (Å²) in [4.78, 5) is 25.1. The average molecular weight is 429 g/mol. The summed E-state index contributed by atoms with van der Waals surface area (Å²) in [5, 5.41) is 13.3. The van der Waals surface area contributed by atoms with Crippen molar-refractivity contribution in [3.8, 4) is 11.3 Å². The fraction of sp³-hybridized carbons (Fsp3) is 0.318. The van der Waals surface area contributed by atoms with Crippen LogP contribution in [0.3, 0.4) is 0 Å². The molecule has 0 aliphatic carbocycles. The van der Waals surface area contributed by atoms with E-state index < -0.39 is 11.5 Å². The number of carbonyl (C=O) groups is 1. The van der Waals surface area contributed by atoms with Crippen LogP contribution in [0.1, 0.15) is 46.1 Å². The molecule has 7 nitrogen and oxygen atoms in total. The molecule has 158 valence electrons. The highest BCUT2D eigenvalue weighted by Crippen LogP contribution is 2.23. The largest absolute Gasteiger partial charge is 0.427 e. The number of aryl methyl sites for hydroxylation is 1. The predicted molar refractivity (Wildman–Crippen MR) is 117 cm³/mol. The topological polar surface area (TPSA) is 100 Å². The zero-order chi connectivity index (χ0) is 20.2. The summed E-state index contributed by atoms with van der Waals surface area (Å²) in [5.74, 6) is 0.381. The average Bonchev–Trinajstić information content (AvgIpc) is 3.22. The van der Waals surface area contributed by atoms with Crippen LogP contribution in [0, 0.1) is 6.92 Å². The van der Waals surface area contributed by atoms with Crippen LogP contribution < -0.4 is 16.3 Å². The number of aromatic amines is 1. The maximum absolute atomic E-state index is 12.6. The summed E-state index contributed by atoms with van der Waals surface area (Å²) >= 11 is 0. The summed E-state index contributed by atoms with van der Waals surface area (Å²) in [7, 11) is 0. The summed E-state index contributed by atoms with van der Waals surface area (Å²) < 4.78 is 5.49. The summed E-state index contributed by atoms with van der Waals surface area (Å²) in [5.41, 5.74) is 2.65. The first kappa shape index (κ1) is 21.8. The van der Waals surface area contributed by atoms with Crippen LogP contribution in [0.4, 0.5) is 0 Å². The van der Waals surface area contributed by atoms with Gasteiger partial charge in [0.1, 0.15) is 11.3 Å². The summed E-state index contributed by atoms with van der Waals surface area (Å²) in [6.07, 6.45) is 2.02. The maximum Gasteiger partial charge on any atom is 0.349 e. The van der Waals surface area contributed by atoms with Gasteiger partial charge in [-0.15, -0.1) is 12.4 Å². The van der Waals surface area contributed by atoms with E-state index in [0.29, 0.717) is 11.3 Å². The second-order valence-corrected chi connectivity index (χ2v) is 7.36. The van der Waals surface area contributed by atoms with Crippen molar-refractivity contribution in [1.29, 1.82) is 0 Å². The molecule has 1 aliphatic heterocycles. The molecule has 30 heavy (non-hydrogen) atoms. The van der Waals surface area contributed by atoms with Gasteiger partial charge in [0, 0.05) is 18.0 Å². The van der Waals surface area contributed by atoms with Crippen LogP contribution in [0.25, 0.3) is 11.3 Å². The molecule has 2 aromatic heterocycles. The molecule has 3 N–H and O–H groups in total. The molecule has 0 saturated carbocycles. The molecule has 1 amide bonds. The maximum atomic E-state index is 12.6. The number of carbonyl (C=O) groups excluding carboxylic acids is 1. The van der Waals surface area contributed by atoms with Crippen molar-refractivity contribution in [2.45, 2.75) is 32.2 Å². The highest BCUT2D eigenvalue weighted by atomic mass is 35.5. The number of hydrogen-bond acceptors (Lipinski definition) is 5. The minimum atomic E-state index is -0.586. The Morgan fingerprint density at radius 2 is 2.07 bits per heavy atom. The van der Waals surface area contributed by atoms with E-state index in [-0.39, 0.29) is 30.4 Å². The van der Waals surface area contributed by atoms with Gasteiger partial charge in [0.2, 0.25) is 0 Å². The first-order chi connectivity index (χ1) is 14.1. The molecule has 1 saturated heterocycles. The van der Waals surface area contributed by atoms with Gasteiger partial charge in [-0.05, 0) is 44.0 Å². The lowest BCUT2D eigenvalue weighted by molar-refractivity contribution is 0.0945. The predicted octanol–water partition coefficient (Wildman–Crippen LogP) is 3.16. The van der Waals surface area contributed by atoms with Crippen molar-refractivity contribution in [2.75, 3.05) is 13.1 Å². The quantitative estimate of drug-likeness (QED) is 0.579. The fourth-order valence-electron chi connectivity index (χ4n) is 3.67. The zero-order valence-electron chi connectivity index (χ0n) is 16.7. The zero-order valence-corrected chi connectivity index (χ0v) is 17.6. The molecule has 1 unspecified atom stereocenters. The minimum Gasteiger partial charge on any atom is -0.427 e. The molecule has 3 aromatic rings. The third kappa shape index (κ3) is 4.80. The van der Waals surface area contributed by atoms with Gasteiger partial charge in [-0.25, -0.2) is 4.79 Å². The Morgan fingerprint density at radius 3 is 2.77 bits per heavy atom. The van der Waals surface area contributed by atoms with Crippen molar-refractivity contribution >= 4 is 18.3 Å². The molecule has 1 aliphatic rings. The van der Waals surface area contributed by atoms with Crippen LogP contribution in [0.2, 0.25) is 0 Å². The summed E-state index contributed by atoms with van der Waals surface area (Å²) in [6, 6.07) is 13.5. The second kappa shape index (κ2) is 9.73. The molecule has 3 heterocycles. The Balaban J connectivity index is 0.00000256. The van der Waals surface area contributed by atoms with Gasteiger partial charge in [0.25, 0.3) is 5.91 Å². The standard InChI is InChI=1S/C22H24N4O3.ClH/c1-14-10-19(16-8-5-9-23-12-16)29-22(28)20(14)21(27)24-13-17-11-18(26-25-17)15-6-3-2-4-7-15;/h2-4,6-7,10-11,16,23H,5,8-9,12-13H2,1H3,(H,24,27)(H,25,26);1H. The third-order valence-electron chi connectivity index (χ3n) is 5.23. The van der Waals surface area contributed by atoms with E-state index in [0.717, 1.165) is 42.9 Å². The molecule has 8 heteroatoms. The van der Waals surface area contributed by atoms with Gasteiger partial charge >= 0.3 is 5.63 Å². The van der Waals surface area contributed by atoms with Crippen LogP contribution in [0.15, 0.2) is 51.7 Å². The Hall–Kier alpha value is -2.90. The van der Waals surface area contributed by atoms with Gasteiger partial charge in [-0.2, -0.15) is 5.10 Å². The SMILES string of the molecule is Cc1cc(C2CCCNC2)oc(=O)c1C(=O)NCc1cc(-c2ccccc2)n[nH]1.Cl. The van der Waals surface area contributed by atoms with Crippen molar-refractivity contribution in [3.05, 3.63) is 75.5 Å². The number of H-pyrrole nitrogens is 1. The molecule has 1 atom stereocenters. The monoisotopic (exact) mass is 428 g/mol. The number of aromatic nitrogens is 2. The molecule has 0 spiro atoms. The number of nitrogens with one attached hydrogen (secondary N) is 3. The Morgan fingerprint density at radius 1 is 1.27 bits per heavy atom. The molecular weight excluding hydrogens is 404 g/mol. The first-order valence-corrected chi connectivity index (χ1v) is 9.85.